The van der Waals surface area contributed by atoms with Crippen LogP contribution in [0, 0.1) is 17.8 Å². The summed E-state index contributed by atoms with van der Waals surface area (Å²) in [4.78, 5) is 57.7. The predicted molar refractivity (Wildman–Crippen MR) is 167 cm³/mol. The van der Waals surface area contributed by atoms with Gasteiger partial charge in [0.25, 0.3) is 5.91 Å². The molecule has 3 heterocycles. The minimum Gasteiger partial charge on any atom is -0.460 e. The second-order valence-corrected chi connectivity index (χ2v) is 12.7. The van der Waals surface area contributed by atoms with E-state index in [0.29, 0.717) is 36.4 Å². The van der Waals surface area contributed by atoms with E-state index < -0.39 is 59.5 Å². The standard InChI is InChI=1S/C33H44ClN3O7/c1-6-8-13-26(39)35-18-21(5)43-32(42)27-25-14-15-33(44-25)28(27)30(40)37(22(19-38)17-20(3)4)29(33)31(41)36(16-7-2)24-12-10-9-11-23(24)34/h6-7,9-12,20-22,25,27-29,38H,1-2,8,13-19H2,3-5H3,(H,35,39)/t21-,22-,25-,27+,28+,29-,33+/m1/s1. The van der Waals surface area contributed by atoms with Crippen LogP contribution in [-0.4, -0.2) is 83.3 Å². The van der Waals surface area contributed by atoms with Gasteiger partial charge >= 0.3 is 5.97 Å². The fourth-order valence-electron chi connectivity index (χ4n) is 7.00. The third kappa shape index (κ3) is 6.43. The molecule has 44 heavy (non-hydrogen) atoms. The molecule has 1 aromatic rings. The van der Waals surface area contributed by atoms with Crippen LogP contribution in [0.1, 0.15) is 52.9 Å². The molecule has 11 heteroatoms. The Morgan fingerprint density at radius 3 is 2.61 bits per heavy atom. The predicted octanol–water partition coefficient (Wildman–Crippen LogP) is 3.65. The maximum atomic E-state index is 14.7. The molecule has 240 valence electrons. The number of ether oxygens (including phenoxy) is 2. The van der Waals surface area contributed by atoms with Gasteiger partial charge in [-0.3, -0.25) is 19.2 Å². The number of aliphatic hydroxyl groups excluding tert-OH is 1. The van der Waals surface area contributed by atoms with Crippen molar-refractivity contribution in [1.82, 2.24) is 10.2 Å². The normalized spacial score (nSPS) is 26.7. The molecule has 0 aromatic heterocycles. The zero-order valence-electron chi connectivity index (χ0n) is 25.7. The molecular weight excluding hydrogens is 586 g/mol. The highest BCUT2D eigenvalue weighted by molar-refractivity contribution is 6.34. The summed E-state index contributed by atoms with van der Waals surface area (Å²) in [5.41, 5.74) is -0.821. The summed E-state index contributed by atoms with van der Waals surface area (Å²) in [6.07, 6.45) is 4.12. The summed E-state index contributed by atoms with van der Waals surface area (Å²) < 4.78 is 12.3. The second kappa shape index (κ2) is 14.3. The lowest BCUT2D eigenvalue weighted by molar-refractivity contribution is -0.159. The summed E-state index contributed by atoms with van der Waals surface area (Å²) >= 11 is 6.53. The lowest BCUT2D eigenvalue weighted by Gasteiger charge is -2.39. The number of carbonyl (C=O) groups is 4. The first-order chi connectivity index (χ1) is 21.0. The number of anilines is 1. The summed E-state index contributed by atoms with van der Waals surface area (Å²) in [5, 5.41) is 13.6. The highest BCUT2D eigenvalue weighted by Crippen LogP contribution is 2.59. The van der Waals surface area contributed by atoms with Gasteiger partial charge in [-0.15, -0.1) is 13.2 Å². The molecule has 10 nitrogen and oxygen atoms in total. The van der Waals surface area contributed by atoms with E-state index >= 15 is 0 Å². The lowest BCUT2D eigenvalue weighted by Crippen LogP contribution is -2.59. The van der Waals surface area contributed by atoms with Crippen molar-refractivity contribution in [2.75, 3.05) is 24.6 Å². The number of fused-ring (bicyclic) bond motifs is 1. The number of allylic oxidation sites excluding steroid dienone is 1. The number of para-hydroxylation sites is 1. The number of amides is 3. The van der Waals surface area contributed by atoms with Gasteiger partial charge in [-0.1, -0.05) is 49.7 Å². The van der Waals surface area contributed by atoms with E-state index in [-0.39, 0.29) is 37.9 Å². The number of rotatable bonds is 15. The third-order valence-corrected chi connectivity index (χ3v) is 9.11. The third-order valence-electron chi connectivity index (χ3n) is 8.79. The number of nitrogens with one attached hydrogen (secondary N) is 1. The van der Waals surface area contributed by atoms with Gasteiger partial charge in [-0.05, 0) is 50.7 Å². The molecule has 0 saturated carbocycles. The number of halogens is 1. The number of esters is 1. The summed E-state index contributed by atoms with van der Waals surface area (Å²) in [6.45, 7) is 13.0. The van der Waals surface area contributed by atoms with Crippen molar-refractivity contribution in [2.45, 2.75) is 82.8 Å². The van der Waals surface area contributed by atoms with Gasteiger partial charge < -0.3 is 29.7 Å². The molecule has 0 radical (unpaired) electrons. The van der Waals surface area contributed by atoms with Crippen molar-refractivity contribution in [3.05, 3.63) is 54.6 Å². The van der Waals surface area contributed by atoms with E-state index in [1.54, 1.807) is 43.3 Å². The number of likely N-dealkylation sites (tertiary alicyclic amines) is 1. The highest BCUT2D eigenvalue weighted by atomic mass is 35.5. The number of hydrogen-bond acceptors (Lipinski definition) is 7. The SMILES string of the molecule is C=CCCC(=O)NC[C@@H](C)OC(=O)[C@@H]1[C@H]2C(=O)N([C@@H](CO)CC(C)C)[C@H](C(=O)N(CC=C)c3ccccc3Cl)[C@]23CC[C@H]1O3. The van der Waals surface area contributed by atoms with Gasteiger partial charge in [-0.2, -0.15) is 0 Å². The summed E-state index contributed by atoms with van der Waals surface area (Å²) in [6, 6.07) is 5.17. The van der Waals surface area contributed by atoms with Gasteiger partial charge in [0.1, 0.15) is 17.7 Å². The molecule has 2 bridgehead atoms. The molecule has 1 spiro atoms. The summed E-state index contributed by atoms with van der Waals surface area (Å²) in [7, 11) is 0. The number of nitrogens with zero attached hydrogens (tertiary/aromatic N) is 2. The molecular formula is C33H44ClN3O7. The molecule has 3 aliphatic rings. The fourth-order valence-corrected chi connectivity index (χ4v) is 7.24. The minimum absolute atomic E-state index is 0.113. The maximum Gasteiger partial charge on any atom is 0.312 e. The van der Waals surface area contributed by atoms with Crippen LogP contribution in [0.4, 0.5) is 5.69 Å². The number of benzene rings is 1. The van der Waals surface area contributed by atoms with Gasteiger partial charge in [0.15, 0.2) is 0 Å². The van der Waals surface area contributed by atoms with E-state index in [4.69, 9.17) is 21.1 Å². The number of hydrogen-bond donors (Lipinski definition) is 2. The first kappa shape index (κ1) is 33.7. The Balaban J connectivity index is 1.67. The molecule has 3 amide bonds. The van der Waals surface area contributed by atoms with Crippen LogP contribution in [0.25, 0.3) is 0 Å². The Bertz CT molecular complexity index is 1270. The van der Waals surface area contributed by atoms with Crippen LogP contribution in [0.5, 0.6) is 0 Å². The number of aliphatic hydroxyl groups is 1. The first-order valence-corrected chi connectivity index (χ1v) is 15.7. The first-order valence-electron chi connectivity index (χ1n) is 15.4. The Kier molecular flexibility index (Phi) is 10.9. The van der Waals surface area contributed by atoms with Gasteiger partial charge in [0.05, 0.1) is 47.8 Å². The quantitative estimate of drug-likeness (QED) is 0.224. The Hall–Kier alpha value is -3.21. The van der Waals surface area contributed by atoms with E-state index in [2.05, 4.69) is 18.5 Å². The van der Waals surface area contributed by atoms with Crippen LogP contribution < -0.4 is 10.2 Å². The van der Waals surface area contributed by atoms with E-state index in [9.17, 15) is 24.3 Å². The average molecular weight is 630 g/mol. The smallest absolute Gasteiger partial charge is 0.312 e. The fraction of sp³-hybridized carbons (Fsp3) is 0.576. The average Bonchev–Trinajstić information content (AvgIpc) is 3.64. The Morgan fingerprint density at radius 1 is 1.25 bits per heavy atom. The molecule has 0 unspecified atom stereocenters. The topological polar surface area (TPSA) is 125 Å². The molecule has 7 atom stereocenters. The zero-order chi connectivity index (χ0) is 32.2. The molecule has 3 aliphatic heterocycles. The van der Waals surface area contributed by atoms with Gasteiger partial charge in [-0.25, -0.2) is 0 Å². The van der Waals surface area contributed by atoms with E-state index in [1.165, 1.54) is 9.80 Å². The molecule has 1 aromatic carbocycles. The lowest BCUT2D eigenvalue weighted by atomic mass is 9.70. The van der Waals surface area contributed by atoms with Crippen molar-refractivity contribution < 1.29 is 33.8 Å². The zero-order valence-corrected chi connectivity index (χ0v) is 26.5. The molecule has 0 aliphatic carbocycles. The minimum atomic E-state index is -1.28. The van der Waals surface area contributed by atoms with Crippen LogP contribution in [-0.2, 0) is 28.7 Å². The number of carbonyl (C=O) groups excluding carboxylic acids is 4. The largest absolute Gasteiger partial charge is 0.460 e. The Morgan fingerprint density at radius 2 is 1.98 bits per heavy atom. The van der Waals surface area contributed by atoms with Gasteiger partial charge in [0, 0.05) is 13.0 Å². The Labute approximate surface area is 264 Å². The monoisotopic (exact) mass is 629 g/mol. The van der Waals surface area contributed by atoms with Crippen LogP contribution in [0.2, 0.25) is 5.02 Å². The molecule has 3 fully saturated rings. The molecule has 4 rings (SSSR count). The highest BCUT2D eigenvalue weighted by Gasteiger charge is 2.75. The van der Waals surface area contributed by atoms with Crippen molar-refractivity contribution in [3.63, 3.8) is 0 Å². The second-order valence-electron chi connectivity index (χ2n) is 12.3. The van der Waals surface area contributed by atoms with Crippen molar-refractivity contribution in [1.29, 1.82) is 0 Å². The summed E-state index contributed by atoms with van der Waals surface area (Å²) in [5.74, 6) is -3.38. The van der Waals surface area contributed by atoms with E-state index in [1.807, 2.05) is 13.8 Å². The van der Waals surface area contributed by atoms with E-state index in [0.717, 1.165) is 0 Å². The maximum absolute atomic E-state index is 14.7. The van der Waals surface area contributed by atoms with Gasteiger partial charge in [0.2, 0.25) is 11.8 Å². The molecule has 3 saturated heterocycles. The molecule has 2 N–H and O–H groups in total. The van der Waals surface area contributed by atoms with Crippen LogP contribution >= 0.6 is 11.6 Å². The van der Waals surface area contributed by atoms with Crippen LogP contribution in [0.15, 0.2) is 49.6 Å². The van der Waals surface area contributed by atoms with Crippen molar-refractivity contribution in [3.8, 4) is 0 Å². The van der Waals surface area contributed by atoms with Crippen molar-refractivity contribution >= 4 is 41.0 Å². The van der Waals surface area contributed by atoms with Crippen LogP contribution in [0.3, 0.4) is 0 Å². The van der Waals surface area contributed by atoms with Crippen molar-refractivity contribution in [2.24, 2.45) is 17.8 Å².